The molecule has 1 heterocycles. The number of benzene rings is 1. The Morgan fingerprint density at radius 3 is 2.59 bits per heavy atom. The van der Waals surface area contributed by atoms with E-state index >= 15 is 0 Å². The highest BCUT2D eigenvalue weighted by molar-refractivity contribution is 6.09. The highest BCUT2D eigenvalue weighted by Crippen LogP contribution is 2.19. The molecule has 0 atom stereocenters. The molecule has 0 saturated heterocycles. The molecule has 1 aromatic rings. The highest BCUT2D eigenvalue weighted by Gasteiger charge is 2.30. The number of nitrogens with zero attached hydrogens (tertiary/aromatic N) is 2. The van der Waals surface area contributed by atoms with Gasteiger partial charge in [0.2, 0.25) is 11.8 Å². The molecule has 27 heavy (non-hydrogen) atoms. The molecule has 0 radical (unpaired) electrons. The first-order chi connectivity index (χ1) is 12.8. The van der Waals surface area contributed by atoms with Crippen LogP contribution in [0.2, 0.25) is 0 Å². The van der Waals surface area contributed by atoms with Crippen molar-refractivity contribution in [2.24, 2.45) is 0 Å². The average molecular weight is 375 g/mol. The van der Waals surface area contributed by atoms with E-state index in [0.717, 1.165) is 4.90 Å². The molecule has 144 valence electrons. The van der Waals surface area contributed by atoms with E-state index in [1.807, 2.05) is 0 Å². The van der Waals surface area contributed by atoms with Crippen molar-refractivity contribution in [1.29, 1.82) is 0 Å². The second kappa shape index (κ2) is 8.93. The molecular weight excluding hydrogens is 354 g/mol. The summed E-state index contributed by atoms with van der Waals surface area (Å²) >= 11 is 0. The lowest BCUT2D eigenvalue weighted by Gasteiger charge is -2.26. The van der Waals surface area contributed by atoms with Gasteiger partial charge in [-0.25, -0.2) is 0 Å². The Labute approximate surface area is 156 Å². The normalized spacial score (nSPS) is 13.0. The van der Waals surface area contributed by atoms with Gasteiger partial charge < -0.3 is 15.0 Å². The third-order valence-corrected chi connectivity index (χ3v) is 3.98. The molecule has 0 aliphatic carbocycles. The molecule has 2 rings (SSSR count). The summed E-state index contributed by atoms with van der Waals surface area (Å²) in [6.07, 6.45) is -0.122. The zero-order chi connectivity index (χ0) is 20.0. The molecule has 0 bridgehead atoms. The quantitative estimate of drug-likeness (QED) is 0.500. The minimum Gasteiger partial charge on any atom is -0.456 e. The van der Waals surface area contributed by atoms with E-state index in [2.05, 4.69) is 5.32 Å². The molecule has 1 aliphatic rings. The van der Waals surface area contributed by atoms with Gasteiger partial charge in [0.1, 0.15) is 0 Å². The van der Waals surface area contributed by atoms with E-state index in [-0.39, 0.29) is 37.7 Å². The van der Waals surface area contributed by atoms with Gasteiger partial charge in [0, 0.05) is 26.2 Å². The Bertz CT molecular complexity index is 774. The molecule has 0 unspecified atom stereocenters. The predicted octanol–water partition coefficient (Wildman–Crippen LogP) is -0.651. The lowest BCUT2D eigenvalue weighted by atomic mass is 9.98. The van der Waals surface area contributed by atoms with Crippen LogP contribution in [0, 0.1) is 0 Å². The Kier molecular flexibility index (Phi) is 6.64. The van der Waals surface area contributed by atoms with Crippen molar-refractivity contribution in [2.45, 2.75) is 12.8 Å². The van der Waals surface area contributed by atoms with E-state index in [1.165, 1.54) is 4.90 Å². The molecule has 0 aromatic heterocycles. The van der Waals surface area contributed by atoms with Crippen LogP contribution in [0.4, 0.5) is 0 Å². The van der Waals surface area contributed by atoms with Crippen LogP contribution < -0.4 is 5.32 Å². The van der Waals surface area contributed by atoms with Crippen LogP contribution in [0.15, 0.2) is 24.3 Å². The van der Waals surface area contributed by atoms with Gasteiger partial charge in [-0.1, -0.05) is 18.2 Å². The number of rotatable bonds is 7. The standard InChI is InChI=1S/C18H21N3O6/c1-20(2)16(24)10-19-14(22)11-27-17(25)7-8-21-15(23)9-12-5-3-4-6-13(12)18(21)26/h3-6H,7-11H2,1-2H3,(H,19,22). The molecule has 0 spiro atoms. The summed E-state index contributed by atoms with van der Waals surface area (Å²) in [6.45, 7) is -0.852. The van der Waals surface area contributed by atoms with E-state index in [4.69, 9.17) is 4.74 Å². The first-order valence-electron chi connectivity index (χ1n) is 8.34. The smallest absolute Gasteiger partial charge is 0.308 e. The Morgan fingerprint density at radius 1 is 1.19 bits per heavy atom. The largest absolute Gasteiger partial charge is 0.456 e. The number of carbonyl (C=O) groups is 5. The SMILES string of the molecule is CN(C)C(=O)CNC(=O)COC(=O)CCN1C(=O)Cc2ccccc2C1=O. The topological polar surface area (TPSA) is 113 Å². The van der Waals surface area contributed by atoms with Crippen molar-refractivity contribution in [3.8, 4) is 0 Å². The molecule has 9 heteroatoms. The summed E-state index contributed by atoms with van der Waals surface area (Å²) in [7, 11) is 3.10. The monoisotopic (exact) mass is 375 g/mol. The molecule has 1 aromatic carbocycles. The number of nitrogens with one attached hydrogen (secondary N) is 1. The molecule has 0 saturated carbocycles. The van der Waals surface area contributed by atoms with Gasteiger partial charge in [0.05, 0.1) is 19.4 Å². The first-order valence-corrected chi connectivity index (χ1v) is 8.34. The number of fused-ring (bicyclic) bond motifs is 1. The van der Waals surface area contributed by atoms with Crippen LogP contribution in [0.5, 0.6) is 0 Å². The van der Waals surface area contributed by atoms with Crippen molar-refractivity contribution >= 4 is 29.6 Å². The van der Waals surface area contributed by atoms with Gasteiger partial charge in [-0.15, -0.1) is 0 Å². The van der Waals surface area contributed by atoms with Crippen LogP contribution in [-0.2, 0) is 30.3 Å². The Balaban J connectivity index is 1.77. The van der Waals surface area contributed by atoms with Crippen molar-refractivity contribution in [1.82, 2.24) is 15.1 Å². The zero-order valence-corrected chi connectivity index (χ0v) is 15.2. The number of imide groups is 1. The van der Waals surface area contributed by atoms with E-state index in [0.29, 0.717) is 11.1 Å². The zero-order valence-electron chi connectivity index (χ0n) is 15.2. The number of likely N-dealkylation sites (N-methyl/N-ethyl adjacent to an activating group) is 1. The van der Waals surface area contributed by atoms with Gasteiger partial charge in [-0.05, 0) is 11.6 Å². The second-order valence-corrected chi connectivity index (χ2v) is 6.16. The lowest BCUT2D eigenvalue weighted by molar-refractivity contribution is -0.149. The summed E-state index contributed by atoms with van der Waals surface area (Å²) in [6, 6.07) is 6.81. The maximum Gasteiger partial charge on any atom is 0.308 e. The van der Waals surface area contributed by atoms with Crippen molar-refractivity contribution in [3.05, 3.63) is 35.4 Å². The maximum absolute atomic E-state index is 12.4. The number of carbonyl (C=O) groups excluding carboxylic acids is 5. The van der Waals surface area contributed by atoms with Gasteiger partial charge in [-0.2, -0.15) is 0 Å². The Hall–Kier alpha value is -3.23. The predicted molar refractivity (Wildman–Crippen MR) is 93.5 cm³/mol. The fourth-order valence-corrected chi connectivity index (χ4v) is 2.43. The average Bonchev–Trinajstić information content (AvgIpc) is 2.64. The van der Waals surface area contributed by atoms with E-state index < -0.39 is 24.4 Å². The number of hydrogen-bond donors (Lipinski definition) is 1. The molecule has 0 fully saturated rings. The van der Waals surface area contributed by atoms with Crippen LogP contribution in [0.3, 0.4) is 0 Å². The molecule has 4 amide bonds. The minimum atomic E-state index is -0.719. The molecule has 1 aliphatic heterocycles. The number of esters is 1. The maximum atomic E-state index is 12.4. The lowest BCUT2D eigenvalue weighted by Crippen LogP contribution is -2.43. The molecule has 1 N–H and O–H groups in total. The van der Waals surface area contributed by atoms with Crippen LogP contribution in [0.1, 0.15) is 22.3 Å². The molecular formula is C18H21N3O6. The van der Waals surface area contributed by atoms with Gasteiger partial charge >= 0.3 is 5.97 Å². The summed E-state index contributed by atoms with van der Waals surface area (Å²) in [4.78, 5) is 61.5. The first kappa shape index (κ1) is 20.1. The van der Waals surface area contributed by atoms with Crippen molar-refractivity contribution in [2.75, 3.05) is 33.8 Å². The minimum absolute atomic E-state index is 0.0965. The summed E-state index contributed by atoms with van der Waals surface area (Å²) in [5.74, 6) is -2.46. The van der Waals surface area contributed by atoms with Gasteiger partial charge in [-0.3, -0.25) is 28.9 Å². The summed E-state index contributed by atoms with van der Waals surface area (Å²) < 4.78 is 4.80. The summed E-state index contributed by atoms with van der Waals surface area (Å²) in [5.41, 5.74) is 1.10. The van der Waals surface area contributed by atoms with Crippen LogP contribution in [-0.4, -0.2) is 73.2 Å². The van der Waals surface area contributed by atoms with Gasteiger partial charge in [0.15, 0.2) is 6.61 Å². The van der Waals surface area contributed by atoms with Crippen molar-refractivity contribution < 1.29 is 28.7 Å². The third kappa shape index (κ3) is 5.37. The highest BCUT2D eigenvalue weighted by atomic mass is 16.5. The number of hydrogen-bond acceptors (Lipinski definition) is 6. The number of ether oxygens (including phenoxy) is 1. The summed E-state index contributed by atoms with van der Waals surface area (Å²) in [5, 5.41) is 2.32. The van der Waals surface area contributed by atoms with E-state index in [9.17, 15) is 24.0 Å². The van der Waals surface area contributed by atoms with Crippen molar-refractivity contribution in [3.63, 3.8) is 0 Å². The van der Waals surface area contributed by atoms with Crippen LogP contribution >= 0.6 is 0 Å². The third-order valence-electron chi connectivity index (χ3n) is 3.98. The second-order valence-electron chi connectivity index (χ2n) is 6.16. The number of amides is 4. The Morgan fingerprint density at radius 2 is 1.89 bits per heavy atom. The van der Waals surface area contributed by atoms with Crippen LogP contribution in [0.25, 0.3) is 0 Å². The molecule has 9 nitrogen and oxygen atoms in total. The fraction of sp³-hybridized carbons (Fsp3) is 0.389. The fourth-order valence-electron chi connectivity index (χ4n) is 2.43. The van der Waals surface area contributed by atoms with E-state index in [1.54, 1.807) is 38.4 Å². The van der Waals surface area contributed by atoms with Gasteiger partial charge in [0.25, 0.3) is 11.8 Å².